The zero-order valence-electron chi connectivity index (χ0n) is 13.1. The molecule has 3 heteroatoms. The molecular weight excluding hydrogens is 274 g/mol. The van der Waals surface area contributed by atoms with Crippen molar-refractivity contribution in [2.45, 2.75) is 33.1 Å². The number of ether oxygens (including phenoxy) is 1. The van der Waals surface area contributed by atoms with Crippen LogP contribution in [0.5, 0.6) is 5.75 Å². The fourth-order valence-corrected chi connectivity index (χ4v) is 2.80. The molecule has 1 N–H and O–H groups in total. The third-order valence-electron chi connectivity index (χ3n) is 4.23. The normalized spacial score (nSPS) is 12.8. The summed E-state index contributed by atoms with van der Waals surface area (Å²) in [5.74, 6) is 0.600. The lowest BCUT2D eigenvalue weighted by atomic mass is 10.1. The lowest BCUT2D eigenvalue weighted by molar-refractivity contribution is -0.118. The van der Waals surface area contributed by atoms with E-state index in [1.807, 2.05) is 31.2 Å². The molecular formula is C19H21NO2. The van der Waals surface area contributed by atoms with E-state index in [1.54, 1.807) is 0 Å². The fourth-order valence-electron chi connectivity index (χ4n) is 2.80. The van der Waals surface area contributed by atoms with E-state index in [1.165, 1.54) is 23.1 Å². The topological polar surface area (TPSA) is 38.3 Å². The molecule has 2 aromatic carbocycles. The first-order chi connectivity index (χ1) is 10.6. The van der Waals surface area contributed by atoms with Gasteiger partial charge >= 0.3 is 0 Å². The molecule has 0 saturated carbocycles. The van der Waals surface area contributed by atoms with Gasteiger partial charge in [0.25, 0.3) is 5.91 Å². The van der Waals surface area contributed by atoms with Gasteiger partial charge in [0.1, 0.15) is 5.75 Å². The van der Waals surface area contributed by atoms with Crippen LogP contribution < -0.4 is 10.1 Å². The number of anilines is 1. The molecule has 0 bridgehead atoms. The van der Waals surface area contributed by atoms with Gasteiger partial charge in [-0.05, 0) is 79.6 Å². The minimum absolute atomic E-state index is 0.0274. The van der Waals surface area contributed by atoms with Crippen LogP contribution >= 0.6 is 0 Å². The highest BCUT2D eigenvalue weighted by Gasteiger charge is 2.12. The van der Waals surface area contributed by atoms with Crippen molar-refractivity contribution in [1.29, 1.82) is 0 Å². The lowest BCUT2D eigenvalue weighted by Gasteiger charge is -2.10. The summed E-state index contributed by atoms with van der Waals surface area (Å²) in [6.45, 7) is 4.12. The molecule has 22 heavy (non-hydrogen) atoms. The molecule has 1 aliphatic carbocycles. The average molecular weight is 295 g/mol. The number of hydrogen-bond donors (Lipinski definition) is 1. The Labute approximate surface area is 131 Å². The molecule has 3 nitrogen and oxygen atoms in total. The standard InChI is InChI=1S/C19H21NO2/c1-13-6-9-18(10-14(13)2)22-12-19(21)20-17-8-7-15-4-3-5-16(15)11-17/h6-11H,3-5,12H2,1-2H3,(H,20,21). The van der Waals surface area contributed by atoms with Gasteiger partial charge in [-0.25, -0.2) is 0 Å². The van der Waals surface area contributed by atoms with Gasteiger partial charge in [0.05, 0.1) is 0 Å². The van der Waals surface area contributed by atoms with Gasteiger partial charge in [-0.1, -0.05) is 12.1 Å². The molecule has 0 aromatic heterocycles. The maximum Gasteiger partial charge on any atom is 0.262 e. The van der Waals surface area contributed by atoms with Crippen LogP contribution in [0.25, 0.3) is 0 Å². The summed E-state index contributed by atoms with van der Waals surface area (Å²) in [4.78, 5) is 12.0. The van der Waals surface area contributed by atoms with Crippen LogP contribution in [0, 0.1) is 13.8 Å². The van der Waals surface area contributed by atoms with Gasteiger partial charge < -0.3 is 10.1 Å². The first kappa shape index (κ1) is 14.6. The predicted octanol–water partition coefficient (Wildman–Crippen LogP) is 3.81. The highest BCUT2D eigenvalue weighted by molar-refractivity contribution is 5.92. The van der Waals surface area contributed by atoms with Crippen LogP contribution in [0.15, 0.2) is 36.4 Å². The van der Waals surface area contributed by atoms with Gasteiger partial charge in [0, 0.05) is 5.69 Å². The van der Waals surface area contributed by atoms with E-state index in [-0.39, 0.29) is 12.5 Å². The molecule has 0 atom stereocenters. The second kappa shape index (κ2) is 6.22. The Hall–Kier alpha value is -2.29. The molecule has 0 fully saturated rings. The van der Waals surface area contributed by atoms with E-state index in [0.717, 1.165) is 29.8 Å². The Morgan fingerprint density at radius 3 is 2.68 bits per heavy atom. The number of carbonyl (C=O) groups is 1. The van der Waals surface area contributed by atoms with Gasteiger partial charge in [-0.2, -0.15) is 0 Å². The molecule has 1 amide bonds. The lowest BCUT2D eigenvalue weighted by Crippen LogP contribution is -2.20. The first-order valence-corrected chi connectivity index (χ1v) is 7.73. The monoisotopic (exact) mass is 295 g/mol. The van der Waals surface area contributed by atoms with E-state index in [4.69, 9.17) is 4.74 Å². The van der Waals surface area contributed by atoms with Crippen molar-refractivity contribution in [3.05, 3.63) is 58.7 Å². The number of aryl methyl sites for hydroxylation is 4. The quantitative estimate of drug-likeness (QED) is 0.931. The number of nitrogens with one attached hydrogen (secondary N) is 1. The smallest absolute Gasteiger partial charge is 0.262 e. The molecule has 0 heterocycles. The minimum atomic E-state index is -0.129. The van der Waals surface area contributed by atoms with Crippen LogP contribution in [-0.2, 0) is 17.6 Å². The second-order valence-corrected chi connectivity index (χ2v) is 5.92. The molecule has 0 unspecified atom stereocenters. The van der Waals surface area contributed by atoms with Gasteiger partial charge in [-0.3, -0.25) is 4.79 Å². The molecule has 114 valence electrons. The highest BCUT2D eigenvalue weighted by Crippen LogP contribution is 2.24. The summed E-state index contributed by atoms with van der Waals surface area (Å²) < 4.78 is 5.56. The summed E-state index contributed by atoms with van der Waals surface area (Å²) in [5, 5.41) is 2.90. The molecule has 3 rings (SSSR count). The number of carbonyl (C=O) groups excluding carboxylic acids is 1. The molecule has 0 radical (unpaired) electrons. The van der Waals surface area contributed by atoms with Gasteiger partial charge in [0.15, 0.2) is 6.61 Å². The van der Waals surface area contributed by atoms with Crippen molar-refractivity contribution < 1.29 is 9.53 Å². The largest absolute Gasteiger partial charge is 0.484 e. The van der Waals surface area contributed by atoms with Crippen LogP contribution in [0.4, 0.5) is 5.69 Å². The average Bonchev–Trinajstić information content (AvgIpc) is 2.96. The van der Waals surface area contributed by atoms with Gasteiger partial charge in [0.2, 0.25) is 0 Å². The number of hydrogen-bond acceptors (Lipinski definition) is 2. The third-order valence-corrected chi connectivity index (χ3v) is 4.23. The van der Waals surface area contributed by atoms with Crippen LogP contribution in [0.2, 0.25) is 0 Å². The summed E-state index contributed by atoms with van der Waals surface area (Å²) in [5.41, 5.74) is 6.00. The van der Waals surface area contributed by atoms with E-state index in [0.29, 0.717) is 0 Å². The Kier molecular flexibility index (Phi) is 4.14. The summed E-state index contributed by atoms with van der Waals surface area (Å²) >= 11 is 0. The summed E-state index contributed by atoms with van der Waals surface area (Å²) in [6, 6.07) is 12.0. The summed E-state index contributed by atoms with van der Waals surface area (Å²) in [7, 11) is 0. The second-order valence-electron chi connectivity index (χ2n) is 5.92. The van der Waals surface area contributed by atoms with E-state index in [9.17, 15) is 4.79 Å². The molecule has 1 aliphatic rings. The zero-order chi connectivity index (χ0) is 15.5. The Morgan fingerprint density at radius 2 is 1.86 bits per heavy atom. The number of rotatable bonds is 4. The highest BCUT2D eigenvalue weighted by atomic mass is 16.5. The van der Waals surface area contributed by atoms with Crippen LogP contribution in [0.1, 0.15) is 28.7 Å². The molecule has 0 saturated heterocycles. The summed E-state index contributed by atoms with van der Waals surface area (Å²) in [6.07, 6.45) is 3.47. The van der Waals surface area contributed by atoms with Crippen molar-refractivity contribution in [3.63, 3.8) is 0 Å². The van der Waals surface area contributed by atoms with Crippen LogP contribution in [0.3, 0.4) is 0 Å². The van der Waals surface area contributed by atoms with Crippen molar-refractivity contribution in [2.75, 3.05) is 11.9 Å². The molecule has 2 aromatic rings. The Balaban J connectivity index is 1.57. The van der Waals surface area contributed by atoms with E-state index < -0.39 is 0 Å². The minimum Gasteiger partial charge on any atom is -0.484 e. The molecule has 0 spiro atoms. The van der Waals surface area contributed by atoms with Crippen molar-refractivity contribution in [3.8, 4) is 5.75 Å². The Morgan fingerprint density at radius 1 is 1.05 bits per heavy atom. The van der Waals surface area contributed by atoms with Crippen molar-refractivity contribution in [2.24, 2.45) is 0 Å². The van der Waals surface area contributed by atoms with E-state index >= 15 is 0 Å². The zero-order valence-corrected chi connectivity index (χ0v) is 13.1. The van der Waals surface area contributed by atoms with E-state index in [2.05, 4.69) is 24.4 Å². The molecule has 0 aliphatic heterocycles. The number of amides is 1. The number of benzene rings is 2. The maximum atomic E-state index is 12.0. The third kappa shape index (κ3) is 3.30. The first-order valence-electron chi connectivity index (χ1n) is 7.73. The van der Waals surface area contributed by atoms with Gasteiger partial charge in [-0.15, -0.1) is 0 Å². The number of fused-ring (bicyclic) bond motifs is 1. The Bertz CT molecular complexity index is 707. The van der Waals surface area contributed by atoms with Crippen LogP contribution in [-0.4, -0.2) is 12.5 Å². The maximum absolute atomic E-state index is 12.0. The SMILES string of the molecule is Cc1ccc(OCC(=O)Nc2ccc3c(c2)CCC3)cc1C. The fraction of sp³-hybridized carbons (Fsp3) is 0.316. The van der Waals surface area contributed by atoms with Crippen molar-refractivity contribution in [1.82, 2.24) is 0 Å². The predicted molar refractivity (Wildman–Crippen MR) is 88.5 cm³/mol. The van der Waals surface area contributed by atoms with Crippen molar-refractivity contribution >= 4 is 11.6 Å².